The number of aliphatic hydroxyl groups is 1. The van der Waals surface area contributed by atoms with Gasteiger partial charge in [0.05, 0.1) is 24.8 Å². The Bertz CT molecular complexity index is 5310. The molecule has 17 amide bonds. The Kier molecular flexibility index (Phi) is 38.9. The van der Waals surface area contributed by atoms with E-state index in [4.69, 9.17) is 17.2 Å². The standard InChI is InChI=1S/C91H123N21O23S/c1-8-10-20-69-84(128)98-49(3)78(122)106-67(80(124)97-43-74(94)116)47-136-48-75(117)99-64(35-51-24-26-55(113)27-25-51)87(131)107(5)50(4)79(123)104-66(40-76(118)119)90(134)111-34-16-23-70(111)85(129)102-62(36-52-31-33-95-41-52)82(126)101-61(28-29-73(93)115)89(133)112-45-56(114)39-72(112)86(130)103-63(37-53-42-96-59-19-14-12-17-57(53)59)83(127)100-60(30-32-92)81(125)105-65(88(132)109(7)71(21-11-9-2)91(135)108(69)6)38-54-44-110(46-77(120)121)68-22-15-13-18-58(54)68/h12-15,17-19,22,24-27,33,41-42,44,49-50,56,60-67,69-72,96,113-114H,8-11,16,20-21,23,28-32,34-40,43,45-48,92H2,1-7H3,(H2,93,115)(H2,94,116)(H,97,124)(H,98,128)(H,99,117)(H,100,127)(H,101,126)(H,102,129)(H,103,130)(H,104,123)(H,105,125)(H,106,122)(H,118,119)(H,120,121)/t49-,50-,56+,60-,61-,62-,63-,64-,65-,66-,67-,69-,70-,71-,72-/m0/s1. The van der Waals surface area contributed by atoms with Crippen LogP contribution in [0, 0.1) is 0 Å². The number of rotatable bonds is 26. The van der Waals surface area contributed by atoms with Crippen molar-refractivity contribution >= 4 is 152 Å². The van der Waals surface area contributed by atoms with Crippen molar-refractivity contribution in [1.29, 1.82) is 0 Å². The first-order chi connectivity index (χ1) is 64.7. The number of aromatic amines is 1. The summed E-state index contributed by atoms with van der Waals surface area (Å²) >= 11 is 0.753. The quantitative estimate of drug-likeness (QED) is 0.0269. The fourth-order valence-electron chi connectivity index (χ4n) is 16.8. The van der Waals surface area contributed by atoms with E-state index in [0.717, 1.165) is 36.3 Å². The lowest BCUT2D eigenvalue weighted by Crippen LogP contribution is -2.61. The molecule has 3 saturated heterocycles. The summed E-state index contributed by atoms with van der Waals surface area (Å²) < 4.78 is 1.42. The minimum absolute atomic E-state index is 0.0154. The molecular weight excluding hydrogens is 1790 g/mol. The van der Waals surface area contributed by atoms with Gasteiger partial charge in [-0.1, -0.05) is 88.1 Å². The molecule has 136 heavy (non-hydrogen) atoms. The maximum absolute atomic E-state index is 15.9. The number of aliphatic imine (C=N–C) groups is 1. The zero-order valence-electron chi connectivity index (χ0n) is 76.9. The minimum Gasteiger partial charge on any atom is -0.508 e. The van der Waals surface area contributed by atoms with Crippen LogP contribution in [0.25, 0.3) is 21.8 Å². The molecular formula is C91H123N21O23S. The average Bonchev–Trinajstić information content (AvgIpc) is 1.60. The molecule has 4 aliphatic rings. The second kappa shape index (κ2) is 49.9. The van der Waals surface area contributed by atoms with Crippen LogP contribution >= 0.6 is 11.8 Å². The van der Waals surface area contributed by atoms with Crippen molar-refractivity contribution in [1.82, 2.24) is 87.2 Å². The number of nitrogens with one attached hydrogen (secondary N) is 11. The Morgan fingerprint density at radius 1 is 0.559 bits per heavy atom. The first kappa shape index (κ1) is 106. The van der Waals surface area contributed by atoms with Crippen LogP contribution in [0.3, 0.4) is 0 Å². The van der Waals surface area contributed by atoms with Crippen LogP contribution in [0.5, 0.6) is 5.75 Å². The molecule has 3 aromatic carbocycles. The molecule has 736 valence electrons. The number of unbranched alkanes of at least 4 members (excludes halogenated alkanes) is 2. The number of fused-ring (bicyclic) bond motifs is 4. The summed E-state index contributed by atoms with van der Waals surface area (Å²) in [4.78, 5) is 287. The van der Waals surface area contributed by atoms with Crippen LogP contribution in [0.2, 0.25) is 0 Å². The summed E-state index contributed by atoms with van der Waals surface area (Å²) in [5, 5.41) is 69.1. The number of nitrogens with two attached hydrogens (primary N) is 3. The van der Waals surface area contributed by atoms with Gasteiger partial charge in [0, 0.05) is 125 Å². The number of aliphatic carboxylic acids is 2. The number of likely N-dealkylation sites (N-methyl/N-ethyl adjacent to an activating group) is 3. The van der Waals surface area contributed by atoms with Gasteiger partial charge < -0.3 is 125 Å². The van der Waals surface area contributed by atoms with Crippen LogP contribution in [0.1, 0.15) is 141 Å². The molecule has 0 radical (unpaired) electrons. The van der Waals surface area contributed by atoms with Crippen LogP contribution in [-0.4, -0.2) is 323 Å². The fraction of sp³-hybridized carbons (Fsp3) is 0.516. The Morgan fingerprint density at radius 2 is 1.15 bits per heavy atom. The number of phenols is 1. The number of para-hydroxylation sites is 2. The Hall–Kier alpha value is -13.9. The van der Waals surface area contributed by atoms with E-state index >= 15 is 33.6 Å². The highest BCUT2D eigenvalue weighted by atomic mass is 32.2. The highest BCUT2D eigenvalue weighted by molar-refractivity contribution is 8.00. The summed E-state index contributed by atoms with van der Waals surface area (Å²) in [6, 6.07) is -3.41. The molecule has 15 atom stereocenters. The van der Waals surface area contributed by atoms with Crippen molar-refractivity contribution in [3.05, 3.63) is 114 Å². The Labute approximate surface area is 788 Å². The SMILES string of the molecule is CCCC[C@H]1C(=O)N(C)[C@@H](CCCC)C(=O)N[C@@H](C)C(=O)N[C@H](C(=O)NCC(N)=O)CSCC(=O)N[C@@H](Cc2ccc(O)cc2)C(=O)N(C)[C@@H](C)C(=O)N[C@@H](CC(=O)O)C(=O)N2CCC[C@H]2C(=O)N[C@@H](CC2=CN=CC2)C(=O)N[C@@H](CCC(N)=O)C(=O)N2C[C@H](O)C[C@H]2C(=O)N[C@@H](Cc2c[nH]c3ccccc23)C(=O)N[C@@H](CCN)C(=O)N[C@@H](Cc2cn(CC(=O)O)c3ccccc23)C(=O)N1C. The van der Waals surface area contributed by atoms with Gasteiger partial charge in [0.15, 0.2) is 0 Å². The number of carbonyl (C=O) groups is 19. The number of nitrogens with zero attached hydrogens (tertiary/aromatic N) is 7. The molecule has 4 aliphatic heterocycles. The molecule has 21 N–H and O–H groups in total. The second-order valence-electron chi connectivity index (χ2n) is 34.4. The maximum atomic E-state index is 15.9. The van der Waals surface area contributed by atoms with Gasteiger partial charge in [0.25, 0.3) is 0 Å². The van der Waals surface area contributed by atoms with Crippen molar-refractivity contribution in [3.8, 4) is 5.75 Å². The lowest BCUT2D eigenvalue weighted by atomic mass is 10.00. The molecule has 6 heterocycles. The number of primary amides is 2. The van der Waals surface area contributed by atoms with E-state index in [2.05, 4.69) is 63.1 Å². The van der Waals surface area contributed by atoms with Gasteiger partial charge in [-0.25, -0.2) is 0 Å². The normalized spacial score (nSPS) is 25.1. The van der Waals surface area contributed by atoms with Crippen molar-refractivity contribution < 1.29 is 112 Å². The molecule has 44 nitrogen and oxygen atoms in total. The molecule has 0 saturated carbocycles. The number of benzene rings is 3. The minimum atomic E-state index is -1.93. The third-order valence-corrected chi connectivity index (χ3v) is 25.4. The monoisotopic (exact) mass is 1910 g/mol. The number of phenolic OH excluding ortho intramolecular Hbond substituents is 1. The number of aromatic hydroxyl groups is 1. The van der Waals surface area contributed by atoms with Crippen LogP contribution < -0.4 is 70.4 Å². The largest absolute Gasteiger partial charge is 0.508 e. The highest BCUT2D eigenvalue weighted by Crippen LogP contribution is 2.29. The van der Waals surface area contributed by atoms with Gasteiger partial charge in [-0.3, -0.25) is 96.1 Å². The third kappa shape index (κ3) is 28.9. The summed E-state index contributed by atoms with van der Waals surface area (Å²) in [5.74, 6) is -20.5. The van der Waals surface area contributed by atoms with Gasteiger partial charge in [-0.15, -0.1) is 11.8 Å². The van der Waals surface area contributed by atoms with E-state index in [1.54, 1.807) is 54.7 Å². The molecule has 0 bridgehead atoms. The molecule has 45 heteroatoms. The predicted molar refractivity (Wildman–Crippen MR) is 495 cm³/mol. The number of hydrogen-bond donors (Lipinski definition) is 18. The van der Waals surface area contributed by atoms with Crippen molar-refractivity contribution in [2.75, 3.05) is 58.8 Å². The van der Waals surface area contributed by atoms with Gasteiger partial charge >= 0.3 is 11.9 Å². The molecule has 0 aliphatic carbocycles. The van der Waals surface area contributed by atoms with E-state index in [1.807, 2.05) is 13.8 Å². The van der Waals surface area contributed by atoms with E-state index < -0.39 is 266 Å². The number of thioether (sulfide) groups is 1. The lowest BCUT2D eigenvalue weighted by molar-refractivity contribution is -0.149. The summed E-state index contributed by atoms with van der Waals surface area (Å²) in [6.07, 6.45) is 1.97. The van der Waals surface area contributed by atoms with Gasteiger partial charge in [0.2, 0.25) is 100 Å². The molecule has 2 aromatic heterocycles. The molecule has 9 rings (SSSR count). The Balaban J connectivity index is 1.11. The number of hydrogen-bond acceptors (Lipinski definition) is 24. The van der Waals surface area contributed by atoms with E-state index in [0.29, 0.717) is 69.8 Å². The van der Waals surface area contributed by atoms with Crippen molar-refractivity contribution in [2.45, 2.75) is 241 Å². The number of amides is 17. The molecule has 3 fully saturated rings. The number of aromatic nitrogens is 2. The van der Waals surface area contributed by atoms with Gasteiger partial charge in [0.1, 0.15) is 96.9 Å². The summed E-state index contributed by atoms with van der Waals surface area (Å²) in [7, 11) is 3.82. The first-order valence-electron chi connectivity index (χ1n) is 45.2. The number of H-pyrrole nitrogens is 1. The lowest BCUT2D eigenvalue weighted by Gasteiger charge is -2.36. The molecule has 5 aromatic rings. The number of carboxylic acids is 2. The fourth-order valence-corrected chi connectivity index (χ4v) is 17.7. The van der Waals surface area contributed by atoms with E-state index in [9.17, 15) is 78.0 Å². The third-order valence-electron chi connectivity index (χ3n) is 24.4. The van der Waals surface area contributed by atoms with Crippen LogP contribution in [0.4, 0.5) is 0 Å². The maximum Gasteiger partial charge on any atom is 0.323 e. The topological polar surface area (TPSA) is 653 Å². The smallest absolute Gasteiger partial charge is 0.323 e. The van der Waals surface area contributed by atoms with E-state index in [1.165, 1.54) is 82.4 Å². The zero-order valence-corrected chi connectivity index (χ0v) is 77.7. The van der Waals surface area contributed by atoms with Gasteiger partial charge in [-0.2, -0.15) is 0 Å². The Morgan fingerprint density at radius 3 is 1.79 bits per heavy atom. The molecule has 0 unspecified atom stereocenters. The second-order valence-corrected chi connectivity index (χ2v) is 35.5. The van der Waals surface area contributed by atoms with Crippen molar-refractivity contribution in [2.24, 2.45) is 22.2 Å². The average molecular weight is 1910 g/mol. The van der Waals surface area contributed by atoms with E-state index in [-0.39, 0.29) is 76.6 Å². The highest BCUT2D eigenvalue weighted by Gasteiger charge is 2.47. The zero-order chi connectivity index (χ0) is 99.5. The van der Waals surface area contributed by atoms with Crippen LogP contribution in [0.15, 0.2) is 102 Å². The number of carbonyl (C=O) groups excluding carboxylic acids is 17. The van der Waals surface area contributed by atoms with Gasteiger partial charge in [-0.05, 0) is 112 Å². The predicted octanol–water partition coefficient (Wildman–Crippen LogP) is -2.66. The summed E-state index contributed by atoms with van der Waals surface area (Å²) in [6.45, 7) is 3.82. The number of carboxylic acid groups (broad SMARTS) is 2. The number of aliphatic hydroxyl groups excluding tert-OH is 1. The summed E-state index contributed by atoms with van der Waals surface area (Å²) in [5.41, 5.74) is 20.0. The van der Waals surface area contributed by atoms with Crippen molar-refractivity contribution in [3.63, 3.8) is 0 Å². The van der Waals surface area contributed by atoms with Crippen LogP contribution in [-0.2, 0) is 117 Å². The first-order valence-corrected chi connectivity index (χ1v) is 46.3. The molecule has 0 spiro atoms.